The molecule has 4 heterocycles. The molecule has 7 heteroatoms. The summed E-state index contributed by atoms with van der Waals surface area (Å²) in [6, 6.07) is 50.5. The Morgan fingerprint density at radius 3 is 1.88 bits per heavy atom. The molecule has 5 aromatic carbocycles. The van der Waals surface area contributed by atoms with Crippen LogP contribution in [0.25, 0.3) is 52.9 Å². The normalized spacial score (nSPS) is 11.7. The van der Waals surface area contributed by atoms with Crippen LogP contribution in [-0.4, -0.2) is 45.7 Å². The van der Waals surface area contributed by atoms with Gasteiger partial charge in [-0.1, -0.05) is 29.8 Å². The van der Waals surface area contributed by atoms with Crippen LogP contribution in [0.3, 0.4) is 0 Å². The molecule has 8 aromatic rings. The number of ether oxygens (including phenoxy) is 1. The second-order valence-electron chi connectivity index (χ2n) is 11.7. The van der Waals surface area contributed by atoms with Gasteiger partial charge in [-0.3, -0.25) is 0 Å². The molecule has 3 aromatic heterocycles. The molecule has 0 saturated carbocycles. The summed E-state index contributed by atoms with van der Waals surface area (Å²) in [7, 11) is 5.91. The fraction of sp³-hybridized carbons (Fsp3) is 0.0698. The molecule has 0 unspecified atom stereocenters. The predicted octanol–water partition coefficient (Wildman–Crippen LogP) is 9.98. The number of para-hydroxylation sites is 2. The maximum Gasteiger partial charge on any atom is 0 e. The summed E-state index contributed by atoms with van der Waals surface area (Å²) in [5.41, 5.74) is 11.3. The zero-order valence-corrected chi connectivity index (χ0v) is 31.8. The van der Waals surface area contributed by atoms with Gasteiger partial charge in [-0.15, -0.1) is 18.2 Å². The van der Waals surface area contributed by atoms with E-state index in [1.807, 2.05) is 67.0 Å². The maximum absolute atomic E-state index is 5.31. The second kappa shape index (κ2) is 14.4. The molecule has 0 N–H and O–H groups in total. The Bertz CT molecular complexity index is 2410. The summed E-state index contributed by atoms with van der Waals surface area (Å²) in [6.07, 6.45) is 3.67. The first-order valence-corrected chi connectivity index (χ1v) is 17.8. The summed E-state index contributed by atoms with van der Waals surface area (Å²) in [6.45, 7) is 0. The average Bonchev–Trinajstić information content (AvgIpc) is 3.57. The van der Waals surface area contributed by atoms with E-state index in [1.165, 1.54) is 47.5 Å². The Kier molecular flexibility index (Phi) is 9.67. The number of hydrogen-bond donors (Lipinski definition) is 0. The number of anilines is 4. The van der Waals surface area contributed by atoms with Crippen molar-refractivity contribution < 1.29 is 24.8 Å². The minimum atomic E-state index is 0. The van der Waals surface area contributed by atoms with Gasteiger partial charge in [-0.05, 0) is 35.3 Å². The molecule has 0 spiro atoms. The number of fused-ring (bicyclic) bond motifs is 5. The predicted molar refractivity (Wildman–Crippen MR) is 204 cm³/mol. The number of pyridine rings is 2. The van der Waals surface area contributed by atoms with E-state index in [-0.39, 0.29) is 34.6 Å². The van der Waals surface area contributed by atoms with Crippen molar-refractivity contribution in [1.82, 2.24) is 9.97 Å². The maximum atomic E-state index is 5.31. The SMILES string of the molecule is CN1c2ccccc2N(C)c2c(-c3ccccn3)[c-]ccc21.COc1ccc(-c2cccc3c2[se]c2c(-c4ccccn4)[c-]ccc23)cc1.[Ir]. The van der Waals surface area contributed by atoms with Gasteiger partial charge in [0, 0.05) is 40.4 Å². The van der Waals surface area contributed by atoms with Gasteiger partial charge in [0.2, 0.25) is 0 Å². The van der Waals surface area contributed by atoms with Gasteiger partial charge >= 0.3 is 164 Å². The van der Waals surface area contributed by atoms with E-state index in [0.717, 1.165) is 34.0 Å². The number of hydrogen-bond acceptors (Lipinski definition) is 5. The smallest absolute Gasteiger partial charge is 0 e. The zero-order valence-electron chi connectivity index (χ0n) is 27.7. The molecule has 247 valence electrons. The molecule has 0 saturated heterocycles. The minimum absolute atomic E-state index is 0. The van der Waals surface area contributed by atoms with Crippen molar-refractivity contribution in [1.29, 1.82) is 0 Å². The minimum Gasteiger partial charge on any atom is 0 e. The molecule has 9 rings (SSSR count). The van der Waals surface area contributed by atoms with Crippen molar-refractivity contribution in [3.8, 4) is 39.4 Å². The molecule has 5 nitrogen and oxygen atoms in total. The van der Waals surface area contributed by atoms with Crippen LogP contribution in [0, 0.1) is 12.1 Å². The van der Waals surface area contributed by atoms with Crippen molar-refractivity contribution in [3.63, 3.8) is 0 Å². The van der Waals surface area contributed by atoms with Gasteiger partial charge in [0.05, 0.1) is 11.4 Å². The molecule has 1 aliphatic heterocycles. The van der Waals surface area contributed by atoms with Crippen LogP contribution in [0.2, 0.25) is 0 Å². The first-order chi connectivity index (χ1) is 24.1. The van der Waals surface area contributed by atoms with Gasteiger partial charge < -0.3 is 14.8 Å². The number of benzene rings is 5. The summed E-state index contributed by atoms with van der Waals surface area (Å²) in [4.78, 5) is 13.5. The average molecular weight is 892 g/mol. The van der Waals surface area contributed by atoms with Crippen LogP contribution in [0.1, 0.15) is 0 Å². The van der Waals surface area contributed by atoms with Crippen molar-refractivity contribution >= 4 is 56.5 Å². The van der Waals surface area contributed by atoms with Crippen molar-refractivity contribution in [3.05, 3.63) is 152 Å². The van der Waals surface area contributed by atoms with Crippen molar-refractivity contribution in [2.45, 2.75) is 0 Å². The van der Waals surface area contributed by atoms with E-state index < -0.39 is 0 Å². The van der Waals surface area contributed by atoms with Crippen LogP contribution in [-0.2, 0) is 20.1 Å². The molecule has 0 fully saturated rings. The summed E-state index contributed by atoms with van der Waals surface area (Å²) < 4.78 is 8.11. The van der Waals surface area contributed by atoms with Gasteiger partial charge in [0.1, 0.15) is 0 Å². The van der Waals surface area contributed by atoms with E-state index in [9.17, 15) is 0 Å². The Morgan fingerprint density at radius 1 is 0.580 bits per heavy atom. The van der Waals surface area contributed by atoms with Crippen LogP contribution in [0.15, 0.2) is 140 Å². The van der Waals surface area contributed by atoms with Gasteiger partial charge in [0.15, 0.2) is 0 Å². The molecule has 1 aliphatic rings. The molecule has 0 amide bonds. The van der Waals surface area contributed by atoms with Crippen LogP contribution < -0.4 is 14.5 Å². The molecular formula is C43H32IrN4OSe-2. The van der Waals surface area contributed by atoms with Crippen molar-refractivity contribution in [2.75, 3.05) is 31.0 Å². The monoisotopic (exact) mass is 893 g/mol. The molecule has 0 bridgehead atoms. The fourth-order valence-electron chi connectivity index (χ4n) is 6.54. The Balaban J connectivity index is 0.000000157. The topological polar surface area (TPSA) is 41.5 Å². The molecular weight excluding hydrogens is 860 g/mol. The van der Waals surface area contributed by atoms with E-state index in [1.54, 1.807) is 7.11 Å². The third-order valence-electron chi connectivity index (χ3n) is 8.95. The van der Waals surface area contributed by atoms with E-state index in [0.29, 0.717) is 0 Å². The van der Waals surface area contributed by atoms with Gasteiger partial charge in [0.25, 0.3) is 0 Å². The zero-order chi connectivity index (χ0) is 33.3. The van der Waals surface area contributed by atoms with E-state index >= 15 is 0 Å². The molecule has 0 atom stereocenters. The molecule has 50 heavy (non-hydrogen) atoms. The Labute approximate surface area is 311 Å². The quantitative estimate of drug-likeness (QED) is 0.130. The first-order valence-electron chi connectivity index (χ1n) is 16.1. The summed E-state index contributed by atoms with van der Waals surface area (Å²) >= 11 is 0.214. The van der Waals surface area contributed by atoms with Gasteiger partial charge in [-0.25, -0.2) is 0 Å². The van der Waals surface area contributed by atoms with Crippen LogP contribution >= 0.6 is 0 Å². The molecule has 1 radical (unpaired) electrons. The molecule has 0 aliphatic carbocycles. The van der Waals surface area contributed by atoms with Crippen molar-refractivity contribution in [2.24, 2.45) is 0 Å². The number of aromatic nitrogens is 2. The largest absolute Gasteiger partial charge is 0 e. The summed E-state index contributed by atoms with van der Waals surface area (Å²) in [5.74, 6) is 0.882. The number of rotatable bonds is 4. The summed E-state index contributed by atoms with van der Waals surface area (Å²) in [5, 5.41) is 2.66. The van der Waals surface area contributed by atoms with E-state index in [2.05, 4.69) is 119 Å². The Morgan fingerprint density at radius 2 is 1.20 bits per heavy atom. The standard InChI is InChI=1S/C24H16NOSe.C19H16N3.Ir/c1-26-17-13-11-16(12-14-17)18-6-4-7-19-20-8-5-9-21(24(20)27-23(18)19)22-10-2-3-15-25-22;1-21-16-10-3-4-11-17(16)22(2)19-14(8-7-12-18(19)21)15-9-5-6-13-20-15;/h2-8,10-15H,1H3;3-7,9-13H,1-2H3;/q2*-1;. The van der Waals surface area contributed by atoms with Gasteiger partial charge in [-0.2, -0.15) is 0 Å². The van der Waals surface area contributed by atoms with Crippen LogP contribution in [0.5, 0.6) is 5.75 Å². The third kappa shape index (κ3) is 6.04. The first kappa shape index (κ1) is 33.5. The fourth-order valence-corrected chi connectivity index (χ4v) is 9.35. The van der Waals surface area contributed by atoms with Crippen LogP contribution in [0.4, 0.5) is 22.7 Å². The third-order valence-corrected chi connectivity index (χ3v) is 11.6. The number of methoxy groups -OCH3 is 1. The second-order valence-corrected chi connectivity index (χ2v) is 13.9. The van der Waals surface area contributed by atoms with E-state index in [4.69, 9.17) is 4.74 Å². The number of nitrogens with zero attached hydrogens (tertiary/aromatic N) is 4. The Hall–Kier alpha value is -5.03.